The Hall–Kier alpha value is -3.56. The molecule has 0 heterocycles. The van der Waals surface area contributed by atoms with Gasteiger partial charge in [-0.05, 0) is 35.7 Å². The van der Waals surface area contributed by atoms with E-state index in [0.717, 1.165) is 22.8 Å². The summed E-state index contributed by atoms with van der Waals surface area (Å²) >= 11 is 0. The molecule has 0 saturated heterocycles. The van der Waals surface area contributed by atoms with E-state index in [2.05, 4.69) is 10.5 Å². The van der Waals surface area contributed by atoms with Gasteiger partial charge >= 0.3 is 0 Å². The van der Waals surface area contributed by atoms with E-state index < -0.39 is 20.6 Å². The zero-order valence-corrected chi connectivity index (χ0v) is 16.3. The maximum Gasteiger partial charge on any atom is 0.295 e. The first-order valence-electron chi connectivity index (χ1n) is 8.53. The summed E-state index contributed by atoms with van der Waals surface area (Å²) in [4.78, 5) is 10.2. The lowest BCUT2D eigenvalue weighted by Gasteiger charge is -2.07. The van der Waals surface area contributed by atoms with Crippen LogP contribution in [-0.4, -0.2) is 19.1 Å². The highest BCUT2D eigenvalue weighted by molar-refractivity contribution is 7.89. The zero-order valence-electron chi connectivity index (χ0n) is 15.4. The number of nitrogens with two attached hydrogens (primary N) is 1. The summed E-state index contributed by atoms with van der Waals surface area (Å²) in [5.74, 6) is 0. The van der Waals surface area contributed by atoms with Crippen LogP contribution in [0.4, 0.5) is 11.4 Å². The van der Waals surface area contributed by atoms with Crippen molar-refractivity contribution in [3.63, 3.8) is 0 Å². The fraction of sp³-hybridized carbons (Fsp3) is 0.0500. The molecule has 0 unspecified atom stereocenters. The molecule has 0 spiro atoms. The Labute approximate surface area is 167 Å². The van der Waals surface area contributed by atoms with Crippen LogP contribution in [0, 0.1) is 10.1 Å². The normalized spacial score (nSPS) is 11.9. The number of nitrogens with one attached hydrogen (secondary N) is 1. The summed E-state index contributed by atoms with van der Waals surface area (Å²) in [6.45, 7) is 1.76. The average Bonchev–Trinajstić information content (AvgIpc) is 2.72. The van der Waals surface area contributed by atoms with E-state index in [9.17, 15) is 18.5 Å². The third-order valence-corrected chi connectivity index (χ3v) is 5.16. The van der Waals surface area contributed by atoms with Gasteiger partial charge in [-0.3, -0.25) is 15.5 Å². The van der Waals surface area contributed by atoms with Gasteiger partial charge in [-0.15, -0.1) is 0 Å². The predicted molar refractivity (Wildman–Crippen MR) is 112 cm³/mol. The number of anilines is 1. The SMILES string of the molecule is C/C(=N/Nc1ccc(S(N)(=O)=O)cc1[N+](=O)[O-])c1ccc(-c2ccccc2)cc1. The maximum absolute atomic E-state index is 11.4. The van der Waals surface area contributed by atoms with Gasteiger partial charge in [0.15, 0.2) is 0 Å². The Balaban J connectivity index is 1.83. The number of nitrogens with zero attached hydrogens (tertiary/aromatic N) is 2. The number of benzene rings is 3. The highest BCUT2D eigenvalue weighted by atomic mass is 32.2. The Morgan fingerprint density at radius 3 is 2.21 bits per heavy atom. The largest absolute Gasteiger partial charge is 0.295 e. The molecule has 0 saturated carbocycles. The van der Waals surface area contributed by atoms with E-state index >= 15 is 0 Å². The van der Waals surface area contributed by atoms with E-state index in [1.54, 1.807) is 6.92 Å². The molecule has 0 radical (unpaired) electrons. The van der Waals surface area contributed by atoms with Crippen LogP contribution in [0.3, 0.4) is 0 Å². The van der Waals surface area contributed by atoms with Crippen molar-refractivity contribution in [1.82, 2.24) is 0 Å². The predicted octanol–water partition coefficient (Wildman–Crippen LogP) is 3.75. The molecule has 0 amide bonds. The molecule has 0 aliphatic carbocycles. The third kappa shape index (κ3) is 4.84. The summed E-state index contributed by atoms with van der Waals surface area (Å²) in [5, 5.41) is 20.5. The van der Waals surface area contributed by atoms with Crippen molar-refractivity contribution < 1.29 is 13.3 Å². The summed E-state index contributed by atoms with van der Waals surface area (Å²) in [7, 11) is -4.04. The molecule has 3 N–H and O–H groups in total. The molecule has 8 nitrogen and oxygen atoms in total. The number of hydrogen-bond acceptors (Lipinski definition) is 6. The van der Waals surface area contributed by atoms with Crippen LogP contribution < -0.4 is 10.6 Å². The van der Waals surface area contributed by atoms with Gasteiger partial charge in [0, 0.05) is 6.07 Å². The lowest BCUT2D eigenvalue weighted by atomic mass is 10.0. The van der Waals surface area contributed by atoms with E-state index in [1.807, 2.05) is 54.6 Å². The van der Waals surface area contributed by atoms with Gasteiger partial charge in [0.2, 0.25) is 10.0 Å². The van der Waals surface area contributed by atoms with E-state index in [4.69, 9.17) is 5.14 Å². The fourth-order valence-corrected chi connectivity index (χ4v) is 3.21. The van der Waals surface area contributed by atoms with Crippen LogP contribution in [-0.2, 0) is 10.0 Å². The van der Waals surface area contributed by atoms with Gasteiger partial charge in [-0.25, -0.2) is 13.6 Å². The van der Waals surface area contributed by atoms with Crippen LogP contribution in [0.2, 0.25) is 0 Å². The summed E-state index contributed by atoms with van der Waals surface area (Å²) in [6, 6.07) is 21.0. The van der Waals surface area contributed by atoms with Gasteiger partial charge in [-0.2, -0.15) is 5.10 Å². The van der Waals surface area contributed by atoms with Crippen LogP contribution in [0.25, 0.3) is 11.1 Å². The number of nitro benzene ring substituents is 1. The molecule has 3 rings (SSSR count). The second kappa shape index (κ2) is 8.21. The van der Waals surface area contributed by atoms with Crippen molar-refractivity contribution in [3.05, 3.63) is 88.5 Å². The summed E-state index contributed by atoms with van der Waals surface area (Å²) in [5.41, 5.74) is 5.84. The van der Waals surface area contributed by atoms with Gasteiger partial charge in [0.1, 0.15) is 5.69 Å². The first kappa shape index (κ1) is 20.2. The first-order chi connectivity index (χ1) is 13.8. The minimum absolute atomic E-state index is 0.0580. The molecule has 0 atom stereocenters. The minimum Gasteiger partial charge on any atom is -0.271 e. The minimum atomic E-state index is -4.04. The molecule has 0 bridgehead atoms. The molecular weight excluding hydrogens is 392 g/mol. The smallest absolute Gasteiger partial charge is 0.271 e. The number of rotatable bonds is 6. The molecule has 9 heteroatoms. The van der Waals surface area contributed by atoms with Crippen LogP contribution >= 0.6 is 0 Å². The van der Waals surface area contributed by atoms with Crippen LogP contribution in [0.1, 0.15) is 12.5 Å². The Morgan fingerprint density at radius 2 is 1.62 bits per heavy atom. The first-order valence-corrected chi connectivity index (χ1v) is 10.1. The summed E-state index contributed by atoms with van der Waals surface area (Å²) in [6.07, 6.45) is 0. The van der Waals surface area contributed by atoms with E-state index in [1.165, 1.54) is 12.1 Å². The maximum atomic E-state index is 11.4. The molecule has 0 aliphatic rings. The highest BCUT2D eigenvalue weighted by Crippen LogP contribution is 2.27. The topological polar surface area (TPSA) is 128 Å². The van der Waals surface area contributed by atoms with Gasteiger partial charge < -0.3 is 0 Å². The van der Waals surface area contributed by atoms with Crippen molar-refractivity contribution in [2.45, 2.75) is 11.8 Å². The number of primary sulfonamides is 1. The molecule has 0 fully saturated rings. The van der Waals surface area contributed by atoms with Gasteiger partial charge in [-0.1, -0.05) is 54.6 Å². The highest BCUT2D eigenvalue weighted by Gasteiger charge is 2.19. The molecular formula is C20H18N4O4S. The quantitative estimate of drug-likeness (QED) is 0.363. The monoisotopic (exact) mass is 410 g/mol. The number of nitro groups is 1. The molecule has 29 heavy (non-hydrogen) atoms. The second-order valence-corrected chi connectivity index (χ2v) is 7.79. The summed E-state index contributed by atoms with van der Waals surface area (Å²) < 4.78 is 22.8. The van der Waals surface area contributed by atoms with Crippen molar-refractivity contribution >= 4 is 27.1 Å². The molecule has 0 aliphatic heterocycles. The average molecular weight is 410 g/mol. The van der Waals surface area contributed by atoms with Gasteiger partial charge in [0.05, 0.1) is 15.5 Å². The number of sulfonamides is 1. The van der Waals surface area contributed by atoms with Crippen molar-refractivity contribution in [3.8, 4) is 11.1 Å². The lowest BCUT2D eigenvalue weighted by Crippen LogP contribution is -2.12. The zero-order chi connectivity index (χ0) is 21.0. The van der Waals surface area contributed by atoms with Gasteiger partial charge in [0.25, 0.3) is 5.69 Å². The molecule has 0 aromatic heterocycles. The number of hydrogen-bond donors (Lipinski definition) is 2. The Bertz CT molecular complexity index is 1170. The van der Waals surface area contributed by atoms with E-state index in [-0.39, 0.29) is 10.6 Å². The Kier molecular flexibility index (Phi) is 5.71. The van der Waals surface area contributed by atoms with Crippen molar-refractivity contribution in [2.24, 2.45) is 10.2 Å². The molecule has 3 aromatic rings. The second-order valence-electron chi connectivity index (χ2n) is 6.23. The lowest BCUT2D eigenvalue weighted by molar-refractivity contribution is -0.384. The standard InChI is InChI=1S/C20H18N4O4S/c1-14(15-7-9-17(10-8-15)16-5-3-2-4-6-16)22-23-19-12-11-18(29(21,27)28)13-20(19)24(25)26/h2-13,23H,1H3,(H2,21,27,28)/b22-14-. The Morgan fingerprint density at radius 1 is 1.00 bits per heavy atom. The van der Waals surface area contributed by atoms with Crippen molar-refractivity contribution in [1.29, 1.82) is 0 Å². The number of hydrazone groups is 1. The van der Waals surface area contributed by atoms with Crippen LogP contribution in [0.5, 0.6) is 0 Å². The van der Waals surface area contributed by atoms with E-state index in [0.29, 0.717) is 5.71 Å². The van der Waals surface area contributed by atoms with Crippen molar-refractivity contribution in [2.75, 3.05) is 5.43 Å². The molecule has 148 valence electrons. The third-order valence-electron chi connectivity index (χ3n) is 4.25. The molecule has 3 aromatic carbocycles. The fourth-order valence-electron chi connectivity index (χ4n) is 2.68. The van der Waals surface area contributed by atoms with Crippen LogP contribution in [0.15, 0.2) is 82.8 Å².